The highest BCUT2D eigenvalue weighted by atomic mass is 79.9. The lowest BCUT2D eigenvalue weighted by atomic mass is 9.85. The van der Waals surface area contributed by atoms with Crippen LogP contribution >= 0.6 is 15.9 Å². The van der Waals surface area contributed by atoms with Crippen LogP contribution < -0.4 is 0 Å². The van der Waals surface area contributed by atoms with Gasteiger partial charge in [0.2, 0.25) is 0 Å². The van der Waals surface area contributed by atoms with E-state index < -0.39 is 0 Å². The van der Waals surface area contributed by atoms with Crippen molar-refractivity contribution in [3.8, 4) is 33.4 Å². The molecule has 0 aromatic heterocycles. The molecule has 0 atom stereocenters. The van der Waals surface area contributed by atoms with Crippen molar-refractivity contribution in [1.82, 2.24) is 0 Å². The average Bonchev–Trinajstić information content (AvgIpc) is 3.04. The van der Waals surface area contributed by atoms with Gasteiger partial charge in [0.1, 0.15) is 0 Å². The second-order valence-corrected chi connectivity index (χ2v) is 11.4. The van der Waals surface area contributed by atoms with E-state index in [4.69, 9.17) is 0 Å². The van der Waals surface area contributed by atoms with Crippen molar-refractivity contribution in [2.75, 3.05) is 0 Å². The molecule has 0 aliphatic heterocycles. The summed E-state index contributed by atoms with van der Waals surface area (Å²) in [6.07, 6.45) is 0. The molecular weight excluding hydrogens is 560 g/mol. The number of benzene rings is 8. The fourth-order valence-corrected chi connectivity index (χ4v) is 7.23. The van der Waals surface area contributed by atoms with Gasteiger partial charge < -0.3 is 0 Å². The molecule has 0 bridgehead atoms. The van der Waals surface area contributed by atoms with E-state index in [0.717, 1.165) is 4.47 Å². The zero-order valence-corrected chi connectivity index (χ0v) is 23.9. The number of halogens is 1. The standard InChI is InChI=1S/C40H25Br/c41-40-35-20-9-8-19-34(35)38(32-18-7-6-17-30(32)26-12-2-1-3-13-26)36-23-11-22-33(39(36)40)31-21-10-16-29-24-27-14-4-5-15-28(27)25-37(29)31/h1-25H. The van der Waals surface area contributed by atoms with Crippen molar-refractivity contribution in [3.05, 3.63) is 156 Å². The molecule has 0 fully saturated rings. The first-order valence-electron chi connectivity index (χ1n) is 14.0. The van der Waals surface area contributed by atoms with Crippen molar-refractivity contribution in [2.45, 2.75) is 0 Å². The summed E-state index contributed by atoms with van der Waals surface area (Å²) in [6, 6.07) is 55.1. The normalized spacial score (nSPS) is 11.5. The number of hydrogen-bond acceptors (Lipinski definition) is 0. The summed E-state index contributed by atoms with van der Waals surface area (Å²) in [6.45, 7) is 0. The molecule has 0 aliphatic rings. The highest BCUT2D eigenvalue weighted by molar-refractivity contribution is 9.10. The van der Waals surface area contributed by atoms with E-state index in [1.165, 1.54) is 76.5 Å². The van der Waals surface area contributed by atoms with Crippen LogP contribution in [0.1, 0.15) is 0 Å². The molecule has 0 saturated heterocycles. The molecule has 8 aromatic rings. The Balaban J connectivity index is 1.51. The van der Waals surface area contributed by atoms with Crippen LogP contribution in [0.3, 0.4) is 0 Å². The molecule has 0 aliphatic carbocycles. The summed E-state index contributed by atoms with van der Waals surface area (Å²) in [4.78, 5) is 0. The third-order valence-electron chi connectivity index (χ3n) is 8.30. The Kier molecular flexibility index (Phi) is 5.72. The van der Waals surface area contributed by atoms with Gasteiger partial charge in [-0.1, -0.05) is 140 Å². The van der Waals surface area contributed by atoms with E-state index in [-0.39, 0.29) is 0 Å². The predicted molar refractivity (Wildman–Crippen MR) is 180 cm³/mol. The van der Waals surface area contributed by atoms with Crippen LogP contribution in [0.25, 0.3) is 76.5 Å². The third kappa shape index (κ3) is 3.89. The van der Waals surface area contributed by atoms with Crippen molar-refractivity contribution in [1.29, 1.82) is 0 Å². The molecule has 8 rings (SSSR count). The van der Waals surface area contributed by atoms with Crippen molar-refractivity contribution >= 4 is 59.0 Å². The summed E-state index contributed by atoms with van der Waals surface area (Å²) in [7, 11) is 0. The Morgan fingerprint density at radius 3 is 1.73 bits per heavy atom. The average molecular weight is 586 g/mol. The third-order valence-corrected chi connectivity index (χ3v) is 9.13. The largest absolute Gasteiger partial charge is 0.0622 e. The maximum absolute atomic E-state index is 4.10. The molecule has 0 amide bonds. The van der Waals surface area contributed by atoms with Gasteiger partial charge in [0.05, 0.1) is 0 Å². The van der Waals surface area contributed by atoms with Gasteiger partial charge in [-0.2, -0.15) is 0 Å². The van der Waals surface area contributed by atoms with E-state index >= 15 is 0 Å². The topological polar surface area (TPSA) is 0 Å². The van der Waals surface area contributed by atoms with Gasteiger partial charge in [-0.15, -0.1) is 0 Å². The fraction of sp³-hybridized carbons (Fsp3) is 0. The van der Waals surface area contributed by atoms with Crippen molar-refractivity contribution < 1.29 is 0 Å². The maximum atomic E-state index is 4.10. The first-order valence-corrected chi connectivity index (χ1v) is 14.8. The van der Waals surface area contributed by atoms with Crippen LogP contribution in [-0.4, -0.2) is 0 Å². The highest BCUT2D eigenvalue weighted by Crippen LogP contribution is 2.48. The lowest BCUT2D eigenvalue weighted by Gasteiger charge is -2.20. The Morgan fingerprint density at radius 2 is 0.902 bits per heavy atom. The summed E-state index contributed by atoms with van der Waals surface area (Å²) < 4.78 is 1.14. The lowest BCUT2D eigenvalue weighted by Crippen LogP contribution is -1.93. The molecule has 0 unspecified atom stereocenters. The van der Waals surface area contributed by atoms with Crippen molar-refractivity contribution in [3.63, 3.8) is 0 Å². The number of hydrogen-bond donors (Lipinski definition) is 0. The summed E-state index contributed by atoms with van der Waals surface area (Å²) >= 11 is 4.10. The summed E-state index contributed by atoms with van der Waals surface area (Å²) in [5, 5.41) is 10.00. The van der Waals surface area contributed by atoms with Gasteiger partial charge in [-0.25, -0.2) is 0 Å². The molecule has 0 radical (unpaired) electrons. The monoisotopic (exact) mass is 584 g/mol. The Bertz CT molecular complexity index is 2260. The van der Waals surface area contributed by atoms with Crippen LogP contribution in [0, 0.1) is 0 Å². The predicted octanol–water partition coefficient (Wildman–Crippen LogP) is 12.1. The van der Waals surface area contributed by atoms with Crippen molar-refractivity contribution in [2.24, 2.45) is 0 Å². The Labute approximate surface area is 247 Å². The first-order chi connectivity index (χ1) is 20.3. The van der Waals surface area contributed by atoms with Crippen LogP contribution in [0.5, 0.6) is 0 Å². The quantitative estimate of drug-likeness (QED) is 0.181. The van der Waals surface area contributed by atoms with Crippen LogP contribution in [0.4, 0.5) is 0 Å². The zero-order valence-electron chi connectivity index (χ0n) is 22.3. The number of fused-ring (bicyclic) bond motifs is 4. The van der Waals surface area contributed by atoms with E-state index in [9.17, 15) is 0 Å². The molecule has 0 spiro atoms. The molecule has 0 saturated carbocycles. The second kappa shape index (κ2) is 9.73. The van der Waals surface area contributed by atoms with E-state index in [1.54, 1.807) is 0 Å². The molecule has 0 heterocycles. The fourth-order valence-electron chi connectivity index (χ4n) is 6.46. The SMILES string of the molecule is Brc1c2ccccc2c(-c2ccccc2-c2ccccc2)c2cccc(-c3cccc4cc5ccccc5cc34)c12. The van der Waals surface area contributed by atoms with Crippen LogP contribution in [0.2, 0.25) is 0 Å². The van der Waals surface area contributed by atoms with Gasteiger partial charge in [-0.05, 0) is 99.1 Å². The number of rotatable bonds is 3. The summed E-state index contributed by atoms with van der Waals surface area (Å²) in [5.41, 5.74) is 7.46. The van der Waals surface area contributed by atoms with Gasteiger partial charge >= 0.3 is 0 Å². The minimum Gasteiger partial charge on any atom is -0.0622 e. The first kappa shape index (κ1) is 24.1. The van der Waals surface area contributed by atoms with E-state index in [2.05, 4.69) is 168 Å². The molecule has 8 aromatic carbocycles. The molecule has 41 heavy (non-hydrogen) atoms. The Morgan fingerprint density at radius 1 is 0.341 bits per heavy atom. The summed E-state index contributed by atoms with van der Waals surface area (Å²) in [5.74, 6) is 0. The van der Waals surface area contributed by atoms with Gasteiger partial charge in [0.25, 0.3) is 0 Å². The molecule has 192 valence electrons. The molecule has 0 N–H and O–H groups in total. The van der Waals surface area contributed by atoms with E-state index in [0.29, 0.717) is 0 Å². The van der Waals surface area contributed by atoms with Gasteiger partial charge in [-0.3, -0.25) is 0 Å². The smallest absolute Gasteiger partial charge is 0.0338 e. The minimum absolute atomic E-state index is 1.14. The zero-order chi connectivity index (χ0) is 27.3. The van der Waals surface area contributed by atoms with Crippen LogP contribution in [-0.2, 0) is 0 Å². The lowest BCUT2D eigenvalue weighted by molar-refractivity contribution is 1.60. The molecule has 0 nitrogen and oxygen atoms in total. The highest BCUT2D eigenvalue weighted by Gasteiger charge is 2.20. The van der Waals surface area contributed by atoms with Crippen LogP contribution in [0.15, 0.2) is 156 Å². The van der Waals surface area contributed by atoms with Gasteiger partial charge in [0, 0.05) is 9.86 Å². The second-order valence-electron chi connectivity index (χ2n) is 10.6. The molecular formula is C40H25Br. The van der Waals surface area contributed by atoms with Gasteiger partial charge in [0.15, 0.2) is 0 Å². The Hall–Kier alpha value is -4.72. The maximum Gasteiger partial charge on any atom is 0.0338 e. The minimum atomic E-state index is 1.14. The molecule has 1 heteroatoms. The van der Waals surface area contributed by atoms with E-state index in [1.807, 2.05) is 0 Å².